The summed E-state index contributed by atoms with van der Waals surface area (Å²) in [6.07, 6.45) is 0.686. The number of rotatable bonds is 6. The van der Waals surface area contributed by atoms with Gasteiger partial charge in [-0.05, 0) is 30.3 Å². The zero-order valence-corrected chi connectivity index (χ0v) is 14.7. The van der Waals surface area contributed by atoms with Crippen molar-refractivity contribution < 1.29 is 19.1 Å². The van der Waals surface area contributed by atoms with Crippen LogP contribution in [0.4, 0.5) is 5.69 Å². The molecule has 0 heterocycles. The number of hydrogen-bond acceptors (Lipinski definition) is 4. The largest absolute Gasteiger partial charge is 0.493 e. The van der Waals surface area contributed by atoms with Gasteiger partial charge in [-0.25, -0.2) is 0 Å². The molecule has 0 aliphatic rings. The van der Waals surface area contributed by atoms with E-state index in [4.69, 9.17) is 44.3 Å². The maximum absolute atomic E-state index is 12.0. The number of hydrogen-bond donors (Lipinski definition) is 1. The van der Waals surface area contributed by atoms with Gasteiger partial charge in [-0.1, -0.05) is 34.8 Å². The molecule has 0 aromatic heterocycles. The number of benzene rings is 2. The van der Waals surface area contributed by atoms with Crippen LogP contribution in [0.3, 0.4) is 0 Å². The molecule has 0 radical (unpaired) electrons. The summed E-state index contributed by atoms with van der Waals surface area (Å²) in [6, 6.07) is 7.49. The van der Waals surface area contributed by atoms with Crippen molar-refractivity contribution in [2.24, 2.45) is 0 Å². The molecule has 0 spiro atoms. The summed E-state index contributed by atoms with van der Waals surface area (Å²) in [5, 5.41) is 3.38. The second-order valence-corrected chi connectivity index (χ2v) is 5.83. The Hall–Kier alpha value is -1.95. The average molecular weight is 389 g/mol. The first-order valence-corrected chi connectivity index (χ1v) is 7.78. The predicted molar refractivity (Wildman–Crippen MR) is 94.0 cm³/mol. The number of anilines is 1. The minimum absolute atomic E-state index is 0.255. The fourth-order valence-corrected chi connectivity index (χ4v) is 2.42. The van der Waals surface area contributed by atoms with Gasteiger partial charge in [0.15, 0.2) is 18.1 Å². The molecule has 0 saturated heterocycles. The molecule has 2 aromatic rings. The van der Waals surface area contributed by atoms with E-state index in [1.165, 1.54) is 25.3 Å². The Morgan fingerprint density at radius 1 is 1.08 bits per heavy atom. The first-order valence-electron chi connectivity index (χ1n) is 6.65. The minimum Gasteiger partial charge on any atom is -0.493 e. The topological polar surface area (TPSA) is 64.6 Å². The van der Waals surface area contributed by atoms with Gasteiger partial charge in [0, 0.05) is 5.56 Å². The van der Waals surface area contributed by atoms with Gasteiger partial charge in [0.2, 0.25) is 0 Å². The molecular weight excluding hydrogens is 377 g/mol. The summed E-state index contributed by atoms with van der Waals surface area (Å²) >= 11 is 17.7. The zero-order valence-electron chi connectivity index (χ0n) is 12.4. The highest BCUT2D eigenvalue weighted by Crippen LogP contribution is 2.32. The Morgan fingerprint density at radius 3 is 2.46 bits per heavy atom. The third-order valence-corrected chi connectivity index (χ3v) is 4.00. The molecule has 24 heavy (non-hydrogen) atoms. The van der Waals surface area contributed by atoms with Crippen LogP contribution in [0.25, 0.3) is 0 Å². The van der Waals surface area contributed by atoms with Crippen molar-refractivity contribution in [2.75, 3.05) is 19.0 Å². The molecule has 126 valence electrons. The highest BCUT2D eigenvalue weighted by Gasteiger charge is 2.12. The summed E-state index contributed by atoms with van der Waals surface area (Å²) in [7, 11) is 1.44. The number of amides is 1. The first-order chi connectivity index (χ1) is 11.4. The number of methoxy groups -OCH3 is 1. The molecule has 0 atom stereocenters. The van der Waals surface area contributed by atoms with Crippen LogP contribution >= 0.6 is 34.8 Å². The Labute approximate surface area is 153 Å². The quantitative estimate of drug-likeness (QED) is 0.585. The van der Waals surface area contributed by atoms with Crippen LogP contribution in [-0.2, 0) is 4.79 Å². The summed E-state index contributed by atoms with van der Waals surface area (Å²) in [4.78, 5) is 22.7. The lowest BCUT2D eigenvalue weighted by Crippen LogP contribution is -2.20. The van der Waals surface area contributed by atoms with Crippen molar-refractivity contribution >= 4 is 52.7 Å². The maximum atomic E-state index is 12.0. The standard InChI is InChI=1S/C16H12Cl3NO4/c1-23-15-4-9(7-21)2-3-14(15)24-8-16(22)20-13-6-11(18)10(17)5-12(13)19/h2-7H,8H2,1H3,(H,20,22). The lowest BCUT2D eigenvalue weighted by molar-refractivity contribution is -0.118. The highest BCUT2D eigenvalue weighted by atomic mass is 35.5. The summed E-state index contributed by atoms with van der Waals surface area (Å²) in [5.74, 6) is 0.232. The average Bonchev–Trinajstić information content (AvgIpc) is 2.57. The van der Waals surface area contributed by atoms with Crippen molar-refractivity contribution in [2.45, 2.75) is 0 Å². The minimum atomic E-state index is -0.447. The van der Waals surface area contributed by atoms with E-state index in [0.29, 0.717) is 29.0 Å². The fraction of sp³-hybridized carbons (Fsp3) is 0.125. The number of carbonyl (C=O) groups excluding carboxylic acids is 2. The van der Waals surface area contributed by atoms with Crippen LogP contribution in [0.1, 0.15) is 10.4 Å². The van der Waals surface area contributed by atoms with Crippen molar-refractivity contribution in [3.8, 4) is 11.5 Å². The van der Waals surface area contributed by atoms with Gasteiger partial charge in [-0.15, -0.1) is 0 Å². The molecule has 0 aliphatic carbocycles. The molecule has 0 fully saturated rings. The SMILES string of the molecule is COc1cc(C=O)ccc1OCC(=O)Nc1cc(Cl)c(Cl)cc1Cl. The number of aldehydes is 1. The van der Waals surface area contributed by atoms with Crippen molar-refractivity contribution in [1.82, 2.24) is 0 Å². The highest BCUT2D eigenvalue weighted by molar-refractivity contribution is 6.44. The van der Waals surface area contributed by atoms with Crippen LogP contribution in [0, 0.1) is 0 Å². The lowest BCUT2D eigenvalue weighted by Gasteiger charge is -2.12. The molecule has 2 rings (SSSR count). The van der Waals surface area contributed by atoms with E-state index in [1.807, 2.05) is 0 Å². The van der Waals surface area contributed by atoms with E-state index in [-0.39, 0.29) is 21.7 Å². The number of nitrogens with one attached hydrogen (secondary N) is 1. The van der Waals surface area contributed by atoms with Gasteiger partial charge in [0.05, 0.1) is 27.9 Å². The van der Waals surface area contributed by atoms with Gasteiger partial charge in [-0.3, -0.25) is 9.59 Å². The van der Waals surface area contributed by atoms with Gasteiger partial charge in [-0.2, -0.15) is 0 Å². The number of carbonyl (C=O) groups is 2. The molecule has 0 bridgehead atoms. The zero-order chi connectivity index (χ0) is 17.7. The Morgan fingerprint density at radius 2 is 1.79 bits per heavy atom. The lowest BCUT2D eigenvalue weighted by atomic mass is 10.2. The summed E-state index contributed by atoms with van der Waals surface area (Å²) in [6.45, 7) is -0.284. The van der Waals surface area contributed by atoms with Crippen molar-refractivity contribution in [1.29, 1.82) is 0 Å². The molecule has 0 saturated carbocycles. The first kappa shape index (κ1) is 18.4. The smallest absolute Gasteiger partial charge is 0.262 e. The third-order valence-electron chi connectivity index (χ3n) is 2.97. The van der Waals surface area contributed by atoms with E-state index in [0.717, 1.165) is 0 Å². The van der Waals surface area contributed by atoms with E-state index in [1.54, 1.807) is 12.1 Å². The molecule has 1 N–H and O–H groups in total. The molecule has 8 heteroatoms. The second-order valence-electron chi connectivity index (χ2n) is 4.61. The van der Waals surface area contributed by atoms with Gasteiger partial charge < -0.3 is 14.8 Å². The molecule has 1 amide bonds. The van der Waals surface area contributed by atoms with Crippen LogP contribution in [0.2, 0.25) is 15.1 Å². The van der Waals surface area contributed by atoms with E-state index < -0.39 is 5.91 Å². The van der Waals surface area contributed by atoms with Crippen LogP contribution in [-0.4, -0.2) is 25.9 Å². The molecule has 0 unspecified atom stereocenters. The molecule has 5 nitrogen and oxygen atoms in total. The maximum Gasteiger partial charge on any atom is 0.262 e. The molecule has 2 aromatic carbocycles. The predicted octanol–water partition coefficient (Wildman–Crippen LogP) is 4.49. The molecule has 0 aliphatic heterocycles. The Balaban J connectivity index is 2.04. The monoisotopic (exact) mass is 387 g/mol. The van der Waals surface area contributed by atoms with E-state index in [9.17, 15) is 9.59 Å². The van der Waals surface area contributed by atoms with Gasteiger partial charge in [0.1, 0.15) is 6.29 Å². The van der Waals surface area contributed by atoms with E-state index >= 15 is 0 Å². The normalized spacial score (nSPS) is 10.2. The number of halogens is 3. The van der Waals surface area contributed by atoms with Crippen molar-refractivity contribution in [3.05, 3.63) is 51.0 Å². The van der Waals surface area contributed by atoms with Crippen molar-refractivity contribution in [3.63, 3.8) is 0 Å². The summed E-state index contributed by atoms with van der Waals surface area (Å²) in [5.41, 5.74) is 0.758. The van der Waals surface area contributed by atoms with Crippen LogP contribution in [0.15, 0.2) is 30.3 Å². The second kappa shape index (κ2) is 8.24. The van der Waals surface area contributed by atoms with Gasteiger partial charge >= 0.3 is 0 Å². The van der Waals surface area contributed by atoms with Crippen LogP contribution in [0.5, 0.6) is 11.5 Å². The fourth-order valence-electron chi connectivity index (χ4n) is 1.82. The number of ether oxygens (including phenoxy) is 2. The summed E-state index contributed by atoms with van der Waals surface area (Å²) < 4.78 is 10.5. The Kier molecular flexibility index (Phi) is 6.31. The van der Waals surface area contributed by atoms with Gasteiger partial charge in [0.25, 0.3) is 5.91 Å². The third kappa shape index (κ3) is 4.54. The van der Waals surface area contributed by atoms with Crippen LogP contribution < -0.4 is 14.8 Å². The Bertz CT molecular complexity index is 780. The van der Waals surface area contributed by atoms with E-state index in [2.05, 4.69) is 5.32 Å². The molecular formula is C16H12Cl3NO4.